The van der Waals surface area contributed by atoms with E-state index in [0.717, 1.165) is 38.8 Å². The predicted molar refractivity (Wildman–Crippen MR) is 207 cm³/mol. The maximum absolute atomic E-state index is 13.4. The van der Waals surface area contributed by atoms with E-state index in [1.807, 2.05) is 4.90 Å². The number of nitrogens with zero attached hydrogens (tertiary/aromatic N) is 2. The summed E-state index contributed by atoms with van der Waals surface area (Å²) in [6.45, 7) is 6.02. The van der Waals surface area contributed by atoms with Crippen molar-refractivity contribution in [3.8, 4) is 0 Å². The molecule has 0 bridgehead atoms. The molecule has 1 rings (SSSR count). The Kier molecular flexibility index (Phi) is 30.9. The van der Waals surface area contributed by atoms with Gasteiger partial charge in [-0.1, -0.05) is 206 Å². The van der Waals surface area contributed by atoms with Gasteiger partial charge in [-0.2, -0.15) is 0 Å². The fourth-order valence-electron chi connectivity index (χ4n) is 6.88. The molecule has 0 unspecified atom stereocenters. The van der Waals surface area contributed by atoms with E-state index in [-0.39, 0.29) is 11.6 Å². The maximum atomic E-state index is 13.4. The number of hydrogen-bond donors (Lipinski definition) is 0. The number of non-ortho nitro benzene ring substituents is 1. The van der Waals surface area contributed by atoms with Gasteiger partial charge >= 0.3 is 0 Å². The Bertz CT molecular complexity index is 837. The van der Waals surface area contributed by atoms with Crippen molar-refractivity contribution in [2.24, 2.45) is 0 Å². The van der Waals surface area contributed by atoms with Crippen LogP contribution in [-0.4, -0.2) is 28.8 Å². The predicted octanol–water partition coefficient (Wildman–Crippen LogP) is 14.4. The molecule has 5 nitrogen and oxygen atoms in total. The van der Waals surface area contributed by atoms with E-state index in [2.05, 4.69) is 19.9 Å². The molecular formula is C43H77N2O3. The molecule has 0 aliphatic heterocycles. The molecule has 1 radical (unpaired) electrons. The lowest BCUT2D eigenvalue weighted by atomic mass is 10.0. The normalized spacial score (nSPS) is 11.3. The first-order valence-electron chi connectivity index (χ1n) is 21.1. The van der Waals surface area contributed by atoms with Crippen LogP contribution >= 0.6 is 0 Å². The van der Waals surface area contributed by atoms with Crippen LogP contribution in [0.15, 0.2) is 18.2 Å². The molecule has 0 heterocycles. The zero-order valence-electron chi connectivity index (χ0n) is 31.9. The summed E-state index contributed by atoms with van der Waals surface area (Å²) >= 11 is 0. The van der Waals surface area contributed by atoms with E-state index >= 15 is 0 Å². The van der Waals surface area contributed by atoms with Crippen molar-refractivity contribution in [3.05, 3.63) is 39.9 Å². The number of amides is 1. The van der Waals surface area contributed by atoms with Crippen molar-refractivity contribution in [1.29, 1.82) is 0 Å². The minimum atomic E-state index is -0.430. The van der Waals surface area contributed by atoms with Crippen molar-refractivity contribution in [1.82, 2.24) is 4.90 Å². The first-order chi connectivity index (χ1) is 23.6. The van der Waals surface area contributed by atoms with Crippen LogP contribution in [0.25, 0.3) is 0 Å². The van der Waals surface area contributed by atoms with Crippen molar-refractivity contribution in [2.45, 2.75) is 219 Å². The van der Waals surface area contributed by atoms with Crippen molar-refractivity contribution < 1.29 is 9.72 Å². The zero-order valence-corrected chi connectivity index (χ0v) is 31.9. The van der Waals surface area contributed by atoms with Crippen molar-refractivity contribution in [3.63, 3.8) is 0 Å². The number of unbranched alkanes of at least 4 members (excludes halogenated alkanes) is 30. The van der Waals surface area contributed by atoms with Gasteiger partial charge in [-0.15, -0.1) is 0 Å². The summed E-state index contributed by atoms with van der Waals surface area (Å²) in [5.74, 6) is -0.111. The van der Waals surface area contributed by atoms with Crippen LogP contribution in [0.3, 0.4) is 0 Å². The van der Waals surface area contributed by atoms with Gasteiger partial charge in [0, 0.05) is 25.2 Å². The summed E-state index contributed by atoms with van der Waals surface area (Å²) in [4.78, 5) is 26.2. The third kappa shape index (κ3) is 26.0. The van der Waals surface area contributed by atoms with Gasteiger partial charge in [-0.3, -0.25) is 14.9 Å². The lowest BCUT2D eigenvalue weighted by molar-refractivity contribution is -0.384. The highest BCUT2D eigenvalue weighted by atomic mass is 16.6. The number of benzene rings is 1. The largest absolute Gasteiger partial charge is 0.339 e. The fourth-order valence-corrected chi connectivity index (χ4v) is 6.88. The van der Waals surface area contributed by atoms with E-state index < -0.39 is 4.92 Å². The molecule has 1 aromatic carbocycles. The first-order valence-corrected chi connectivity index (χ1v) is 21.1. The Hall–Kier alpha value is -1.91. The zero-order chi connectivity index (χ0) is 34.8. The molecule has 48 heavy (non-hydrogen) atoms. The van der Waals surface area contributed by atoms with Crippen LogP contribution in [0.1, 0.15) is 230 Å². The molecule has 0 N–H and O–H groups in total. The van der Waals surface area contributed by atoms with Gasteiger partial charge in [-0.25, -0.2) is 0 Å². The van der Waals surface area contributed by atoms with Gasteiger partial charge in [0.25, 0.3) is 11.6 Å². The molecule has 1 aromatic rings. The lowest BCUT2D eigenvalue weighted by Gasteiger charge is -2.23. The molecule has 277 valence electrons. The summed E-state index contributed by atoms with van der Waals surface area (Å²) < 4.78 is 0. The van der Waals surface area contributed by atoms with E-state index in [9.17, 15) is 14.9 Å². The summed E-state index contributed by atoms with van der Waals surface area (Å²) in [6.07, 6.45) is 42.6. The molecule has 0 saturated carbocycles. The van der Waals surface area contributed by atoms with E-state index in [1.54, 1.807) is 0 Å². The van der Waals surface area contributed by atoms with Gasteiger partial charge in [0.15, 0.2) is 0 Å². The molecule has 5 heteroatoms. The second-order valence-electron chi connectivity index (χ2n) is 14.6. The highest BCUT2D eigenvalue weighted by Crippen LogP contribution is 2.18. The van der Waals surface area contributed by atoms with E-state index in [1.165, 1.54) is 198 Å². The van der Waals surface area contributed by atoms with Crippen LogP contribution < -0.4 is 0 Å². The molecule has 0 fully saturated rings. The average Bonchev–Trinajstić information content (AvgIpc) is 3.10. The van der Waals surface area contributed by atoms with Crippen molar-refractivity contribution in [2.75, 3.05) is 13.1 Å². The quantitative estimate of drug-likeness (QED) is 0.0406. The third-order valence-corrected chi connectivity index (χ3v) is 10.1. The summed E-state index contributed by atoms with van der Waals surface area (Å²) in [7, 11) is 0. The topological polar surface area (TPSA) is 63.5 Å². The molecule has 1 amide bonds. The third-order valence-electron chi connectivity index (χ3n) is 10.1. The van der Waals surface area contributed by atoms with Crippen molar-refractivity contribution >= 4 is 11.6 Å². The highest BCUT2D eigenvalue weighted by Gasteiger charge is 2.18. The highest BCUT2D eigenvalue weighted by molar-refractivity contribution is 5.94. The van der Waals surface area contributed by atoms with Gasteiger partial charge in [0.1, 0.15) is 0 Å². The Morgan fingerprint density at radius 1 is 0.542 bits per heavy atom. The van der Waals surface area contributed by atoms with Gasteiger partial charge in [0.2, 0.25) is 0 Å². The Balaban J connectivity index is 2.20. The molecular weight excluding hydrogens is 592 g/mol. The second-order valence-corrected chi connectivity index (χ2v) is 14.6. The molecule has 0 aromatic heterocycles. The van der Waals surface area contributed by atoms with Gasteiger partial charge in [0.05, 0.1) is 10.5 Å². The summed E-state index contributed by atoms with van der Waals surface area (Å²) in [5.41, 5.74) is 0.277. The smallest absolute Gasteiger partial charge is 0.270 e. The molecule has 0 aliphatic rings. The van der Waals surface area contributed by atoms with Crippen LogP contribution in [0.5, 0.6) is 0 Å². The van der Waals surface area contributed by atoms with Crippen LogP contribution in [-0.2, 0) is 0 Å². The van der Waals surface area contributed by atoms with E-state index in [4.69, 9.17) is 0 Å². The van der Waals surface area contributed by atoms with E-state index in [0.29, 0.717) is 5.56 Å². The number of hydrogen-bond acceptors (Lipinski definition) is 3. The number of carbonyl (C=O) groups is 1. The molecule has 0 saturated heterocycles. The van der Waals surface area contributed by atoms with Crippen LogP contribution in [0.2, 0.25) is 0 Å². The lowest BCUT2D eigenvalue weighted by Crippen LogP contribution is -2.33. The monoisotopic (exact) mass is 670 g/mol. The molecule has 0 atom stereocenters. The SMILES string of the molecule is CCCCCCCCCCCCCCCCCCN(CCCCCCCCCCCCCCCCCC)C(=O)c1[c]ccc([N+](=O)[O-])c1. The Morgan fingerprint density at radius 3 is 1.12 bits per heavy atom. The number of nitro benzene ring substituents is 1. The minimum Gasteiger partial charge on any atom is -0.339 e. The Morgan fingerprint density at radius 2 is 0.833 bits per heavy atom. The van der Waals surface area contributed by atoms with Gasteiger partial charge < -0.3 is 4.90 Å². The first kappa shape index (κ1) is 44.1. The minimum absolute atomic E-state index is 0.0399. The van der Waals surface area contributed by atoms with Crippen LogP contribution in [0, 0.1) is 16.2 Å². The van der Waals surface area contributed by atoms with Gasteiger partial charge in [-0.05, 0) is 25.0 Å². The standard InChI is InChI=1S/C43H77N2O3/c1-3-5-7-9-11-13-15-17-19-21-23-25-27-29-31-33-38-44(43(46)41-36-35-37-42(40-41)45(47)48)39-34-32-30-28-26-24-22-20-18-16-14-12-10-8-6-4-2/h35,37,40H,3-34,38-39H2,1-2H3. The Labute approximate surface area is 298 Å². The number of carbonyl (C=O) groups excluding carboxylic acids is 1. The second kappa shape index (κ2) is 33.6. The maximum Gasteiger partial charge on any atom is 0.270 e. The molecule has 0 spiro atoms. The molecule has 0 aliphatic carbocycles. The fraction of sp³-hybridized carbons (Fsp3) is 0.837. The summed E-state index contributed by atoms with van der Waals surface area (Å²) in [5, 5.41) is 11.3. The number of nitro groups is 1. The summed E-state index contributed by atoms with van der Waals surface area (Å²) in [6, 6.07) is 7.26. The number of rotatable bonds is 36. The van der Waals surface area contributed by atoms with Crippen LogP contribution in [0.4, 0.5) is 5.69 Å². The average molecular weight is 670 g/mol.